The second-order valence-electron chi connectivity index (χ2n) is 3.59. The van der Waals surface area contributed by atoms with Crippen molar-refractivity contribution >= 4 is 0 Å². The molecule has 1 aliphatic heterocycles. The third kappa shape index (κ3) is 7.58. The van der Waals surface area contributed by atoms with Gasteiger partial charge in [0.1, 0.15) is 0 Å². The molecule has 78 valence electrons. The van der Waals surface area contributed by atoms with Crippen molar-refractivity contribution < 1.29 is 18.9 Å². The first-order chi connectivity index (χ1) is 6.79. The molecule has 0 bridgehead atoms. The van der Waals surface area contributed by atoms with E-state index in [2.05, 4.69) is 35.7 Å². The van der Waals surface area contributed by atoms with E-state index in [0.717, 1.165) is 13.1 Å². The number of nitrogens with one attached hydrogen (secondary N) is 2. The summed E-state index contributed by atoms with van der Waals surface area (Å²) in [4.78, 5) is 3.66. The molecule has 1 fully saturated rings. The number of hydrogen-bond donors (Lipinski definition) is 2. The number of aromatic nitrogens is 1. The molecular formula is C11H18LiN3. The summed E-state index contributed by atoms with van der Waals surface area (Å²) < 4.78 is 0. The molecule has 1 aromatic heterocycles. The Hall–Kier alpha value is -0.333. The van der Waals surface area contributed by atoms with Gasteiger partial charge in [0.05, 0.1) is 0 Å². The van der Waals surface area contributed by atoms with Crippen molar-refractivity contribution in [3.8, 4) is 0 Å². The van der Waals surface area contributed by atoms with Crippen molar-refractivity contribution in [2.24, 2.45) is 0 Å². The standard InChI is InChI=1S/C6H14N2.C5H4N.Li/c1-5-3-7-4-6(2)8-5;1-2-4-6-5-3-1;/h5-8H,3-4H2,1-2H3;1-4H;/q;-1;+1. The summed E-state index contributed by atoms with van der Waals surface area (Å²) in [6.07, 6.45) is 4.34. The molecule has 2 unspecified atom stereocenters. The van der Waals surface area contributed by atoms with E-state index in [1.54, 1.807) is 12.3 Å². The van der Waals surface area contributed by atoms with Crippen molar-refractivity contribution in [3.05, 3.63) is 30.6 Å². The Kier molecular flexibility index (Phi) is 8.74. The Bertz CT molecular complexity index is 196. The van der Waals surface area contributed by atoms with Crippen molar-refractivity contribution in [1.29, 1.82) is 0 Å². The van der Waals surface area contributed by atoms with Crippen LogP contribution in [0.3, 0.4) is 0 Å². The van der Waals surface area contributed by atoms with E-state index in [1.807, 2.05) is 12.1 Å². The summed E-state index contributed by atoms with van der Waals surface area (Å²) in [5.74, 6) is 0. The minimum absolute atomic E-state index is 0. The van der Waals surface area contributed by atoms with Gasteiger partial charge in [0.25, 0.3) is 0 Å². The smallest absolute Gasteiger partial charge is 0.394 e. The van der Waals surface area contributed by atoms with Crippen molar-refractivity contribution in [3.63, 3.8) is 0 Å². The molecule has 4 heteroatoms. The minimum Gasteiger partial charge on any atom is -0.394 e. The van der Waals surface area contributed by atoms with E-state index in [9.17, 15) is 0 Å². The SMILES string of the molecule is CC1CNCC(C)N1.[Li+].[c-]1ccccn1. The van der Waals surface area contributed by atoms with Gasteiger partial charge in [0, 0.05) is 25.2 Å². The minimum atomic E-state index is 0. The third-order valence-electron chi connectivity index (χ3n) is 1.99. The second kappa shape index (κ2) is 8.93. The van der Waals surface area contributed by atoms with Crippen LogP contribution < -0.4 is 29.5 Å². The monoisotopic (exact) mass is 199 g/mol. The van der Waals surface area contributed by atoms with Gasteiger partial charge >= 0.3 is 18.9 Å². The van der Waals surface area contributed by atoms with Gasteiger partial charge in [-0.2, -0.15) is 18.2 Å². The molecule has 2 atom stereocenters. The fraction of sp³-hybridized carbons (Fsp3) is 0.545. The van der Waals surface area contributed by atoms with Crippen molar-refractivity contribution in [2.75, 3.05) is 13.1 Å². The van der Waals surface area contributed by atoms with Gasteiger partial charge in [0.15, 0.2) is 0 Å². The zero-order valence-electron chi connectivity index (χ0n) is 9.83. The number of pyridine rings is 1. The summed E-state index contributed by atoms with van der Waals surface area (Å²) in [5, 5.41) is 6.74. The van der Waals surface area contributed by atoms with Crippen LogP contribution in [0.25, 0.3) is 0 Å². The number of nitrogens with zero attached hydrogens (tertiary/aromatic N) is 1. The average molecular weight is 199 g/mol. The zero-order chi connectivity index (χ0) is 10.2. The van der Waals surface area contributed by atoms with Crippen LogP contribution in [-0.2, 0) is 0 Å². The molecule has 0 spiro atoms. The van der Waals surface area contributed by atoms with Crippen LogP contribution in [0.5, 0.6) is 0 Å². The van der Waals surface area contributed by atoms with Crippen LogP contribution >= 0.6 is 0 Å². The molecule has 0 radical (unpaired) electrons. The van der Waals surface area contributed by atoms with E-state index in [4.69, 9.17) is 0 Å². The molecular weight excluding hydrogens is 181 g/mol. The van der Waals surface area contributed by atoms with E-state index < -0.39 is 0 Å². The fourth-order valence-corrected chi connectivity index (χ4v) is 1.40. The molecule has 0 amide bonds. The Morgan fingerprint density at radius 3 is 2.07 bits per heavy atom. The molecule has 2 N–H and O–H groups in total. The number of rotatable bonds is 0. The maximum atomic E-state index is 3.66. The van der Waals surface area contributed by atoms with Gasteiger partial charge in [-0.3, -0.25) is 0 Å². The fourth-order valence-electron chi connectivity index (χ4n) is 1.40. The molecule has 15 heavy (non-hydrogen) atoms. The number of piperazine rings is 1. The summed E-state index contributed by atoms with van der Waals surface area (Å²) in [7, 11) is 0. The predicted molar refractivity (Wildman–Crippen MR) is 58.0 cm³/mol. The summed E-state index contributed by atoms with van der Waals surface area (Å²) in [6.45, 7) is 6.62. The third-order valence-corrected chi connectivity index (χ3v) is 1.99. The maximum absolute atomic E-state index is 3.66. The topological polar surface area (TPSA) is 37.0 Å². The van der Waals surface area contributed by atoms with Gasteiger partial charge in [-0.25, -0.2) is 0 Å². The molecule has 0 aliphatic carbocycles. The summed E-state index contributed by atoms with van der Waals surface area (Å²) in [6, 6.07) is 6.81. The van der Waals surface area contributed by atoms with Crippen LogP contribution in [0.1, 0.15) is 13.8 Å². The van der Waals surface area contributed by atoms with Crippen LogP contribution in [0.4, 0.5) is 0 Å². The molecule has 1 saturated heterocycles. The van der Waals surface area contributed by atoms with Crippen molar-refractivity contribution in [1.82, 2.24) is 15.6 Å². The molecule has 0 saturated carbocycles. The van der Waals surface area contributed by atoms with Crippen LogP contribution in [0.2, 0.25) is 0 Å². The first kappa shape index (κ1) is 14.7. The van der Waals surface area contributed by atoms with Crippen LogP contribution in [0, 0.1) is 6.20 Å². The van der Waals surface area contributed by atoms with Crippen LogP contribution in [-0.4, -0.2) is 30.2 Å². The van der Waals surface area contributed by atoms with E-state index in [0.29, 0.717) is 12.1 Å². The van der Waals surface area contributed by atoms with E-state index >= 15 is 0 Å². The molecule has 2 heterocycles. The molecule has 1 aliphatic rings. The Balaban J connectivity index is 0.000000253. The summed E-state index contributed by atoms with van der Waals surface area (Å²) in [5.41, 5.74) is 0. The van der Waals surface area contributed by atoms with E-state index in [-0.39, 0.29) is 18.9 Å². The Morgan fingerprint density at radius 1 is 1.20 bits per heavy atom. The number of hydrogen-bond acceptors (Lipinski definition) is 3. The second-order valence-corrected chi connectivity index (χ2v) is 3.59. The van der Waals surface area contributed by atoms with Gasteiger partial charge in [-0.1, -0.05) is 12.4 Å². The predicted octanol–water partition coefficient (Wildman–Crippen LogP) is -2.16. The van der Waals surface area contributed by atoms with E-state index in [1.165, 1.54) is 0 Å². The van der Waals surface area contributed by atoms with Gasteiger partial charge < -0.3 is 15.6 Å². The average Bonchev–Trinajstić information content (AvgIpc) is 2.21. The largest absolute Gasteiger partial charge is 1.00 e. The zero-order valence-corrected chi connectivity index (χ0v) is 9.83. The molecule has 1 aromatic rings. The first-order valence-electron chi connectivity index (χ1n) is 5.03. The Morgan fingerprint density at radius 2 is 1.87 bits per heavy atom. The van der Waals surface area contributed by atoms with Gasteiger partial charge in [0.2, 0.25) is 0 Å². The van der Waals surface area contributed by atoms with Crippen molar-refractivity contribution in [2.45, 2.75) is 25.9 Å². The van der Waals surface area contributed by atoms with Gasteiger partial charge in [-0.15, -0.1) is 0 Å². The molecule has 0 aromatic carbocycles. The Labute approximate surface area is 104 Å². The first-order valence-corrected chi connectivity index (χ1v) is 5.03. The normalized spacial score (nSPS) is 24.4. The maximum Gasteiger partial charge on any atom is 1.00 e. The molecule has 2 rings (SSSR count). The molecule has 3 nitrogen and oxygen atoms in total. The summed E-state index contributed by atoms with van der Waals surface area (Å²) >= 11 is 0. The van der Waals surface area contributed by atoms with Gasteiger partial charge in [-0.05, 0) is 13.8 Å². The quantitative estimate of drug-likeness (QED) is 0.369. The van der Waals surface area contributed by atoms with Crippen LogP contribution in [0.15, 0.2) is 24.4 Å².